The van der Waals surface area contributed by atoms with Crippen LogP contribution in [0.1, 0.15) is 29.6 Å². The lowest BCUT2D eigenvalue weighted by Crippen LogP contribution is -2.54. The van der Waals surface area contributed by atoms with Crippen LogP contribution in [-0.4, -0.2) is 42.6 Å². The molecule has 0 spiro atoms. The van der Waals surface area contributed by atoms with Gasteiger partial charge in [-0.2, -0.15) is 0 Å². The van der Waals surface area contributed by atoms with Gasteiger partial charge in [-0.1, -0.05) is 12.3 Å². The summed E-state index contributed by atoms with van der Waals surface area (Å²) in [5, 5.41) is 0. The third kappa shape index (κ3) is 3.44. The summed E-state index contributed by atoms with van der Waals surface area (Å²) in [7, 11) is 0. The number of hydrogen-bond acceptors (Lipinski definition) is 5. The van der Waals surface area contributed by atoms with E-state index >= 15 is 0 Å². The van der Waals surface area contributed by atoms with Crippen molar-refractivity contribution in [3.05, 3.63) is 23.8 Å². The lowest BCUT2D eigenvalue weighted by molar-refractivity contribution is -0.128. The predicted molar refractivity (Wildman–Crippen MR) is 86.2 cm³/mol. The molecule has 1 unspecified atom stereocenters. The monoisotopic (exact) mass is 329 g/mol. The third-order valence-corrected chi connectivity index (χ3v) is 4.14. The Morgan fingerprint density at radius 1 is 1.25 bits per heavy atom. The molecular weight excluding hydrogens is 310 g/mol. The fourth-order valence-electron chi connectivity index (χ4n) is 2.91. The fraction of sp³-hybridized carbons (Fsp3) is 0.412. The van der Waals surface area contributed by atoms with Crippen molar-refractivity contribution in [2.45, 2.75) is 25.3 Å². The normalized spacial score (nSPS) is 19.4. The molecule has 2 aliphatic heterocycles. The van der Waals surface area contributed by atoms with E-state index in [2.05, 4.69) is 16.8 Å². The van der Waals surface area contributed by atoms with E-state index < -0.39 is 5.91 Å². The predicted octanol–water partition coefficient (Wildman–Crippen LogP) is 0.664. The van der Waals surface area contributed by atoms with Gasteiger partial charge in [0.2, 0.25) is 6.79 Å². The minimum Gasteiger partial charge on any atom is -0.454 e. The van der Waals surface area contributed by atoms with Gasteiger partial charge in [0.15, 0.2) is 11.5 Å². The van der Waals surface area contributed by atoms with E-state index in [4.69, 9.17) is 15.9 Å². The highest BCUT2D eigenvalue weighted by Crippen LogP contribution is 2.32. The van der Waals surface area contributed by atoms with Crippen molar-refractivity contribution < 1.29 is 19.1 Å². The SMILES string of the molecule is C#CCN1CCCCC1C(=O)NNC(=O)c1ccc2c(c1)OCO2. The molecule has 2 heterocycles. The van der Waals surface area contributed by atoms with Crippen LogP contribution in [0.3, 0.4) is 0 Å². The maximum atomic E-state index is 12.3. The van der Waals surface area contributed by atoms with Gasteiger partial charge in [0.25, 0.3) is 11.8 Å². The number of fused-ring (bicyclic) bond motifs is 1. The molecule has 1 atom stereocenters. The van der Waals surface area contributed by atoms with E-state index in [1.165, 1.54) is 0 Å². The smallest absolute Gasteiger partial charge is 0.269 e. The Kier molecular flexibility index (Phi) is 4.87. The number of terminal acetylenes is 1. The molecule has 24 heavy (non-hydrogen) atoms. The topological polar surface area (TPSA) is 79.9 Å². The van der Waals surface area contributed by atoms with Crippen LogP contribution in [0.4, 0.5) is 0 Å². The van der Waals surface area contributed by atoms with Crippen molar-refractivity contribution in [3.63, 3.8) is 0 Å². The van der Waals surface area contributed by atoms with Gasteiger partial charge < -0.3 is 9.47 Å². The zero-order valence-corrected chi connectivity index (χ0v) is 13.2. The molecule has 1 saturated heterocycles. The first-order chi connectivity index (χ1) is 11.7. The highest BCUT2D eigenvalue weighted by atomic mass is 16.7. The Balaban J connectivity index is 1.57. The Morgan fingerprint density at radius 2 is 2.08 bits per heavy atom. The molecule has 2 aliphatic rings. The second kappa shape index (κ2) is 7.23. The highest BCUT2D eigenvalue weighted by Gasteiger charge is 2.28. The largest absolute Gasteiger partial charge is 0.454 e. The molecule has 0 aromatic heterocycles. The van der Waals surface area contributed by atoms with Crippen molar-refractivity contribution in [2.24, 2.45) is 0 Å². The zero-order chi connectivity index (χ0) is 16.9. The third-order valence-electron chi connectivity index (χ3n) is 4.14. The summed E-state index contributed by atoms with van der Waals surface area (Å²) in [6.45, 7) is 1.36. The molecule has 0 bridgehead atoms. The van der Waals surface area contributed by atoms with Crippen molar-refractivity contribution in [1.82, 2.24) is 15.8 Å². The number of nitrogens with one attached hydrogen (secondary N) is 2. The molecule has 1 fully saturated rings. The molecule has 126 valence electrons. The van der Waals surface area contributed by atoms with Gasteiger partial charge in [0, 0.05) is 5.56 Å². The average molecular weight is 329 g/mol. The maximum absolute atomic E-state index is 12.3. The minimum atomic E-state index is -0.416. The molecule has 1 aromatic carbocycles. The first-order valence-electron chi connectivity index (χ1n) is 7.86. The molecule has 0 saturated carbocycles. The Morgan fingerprint density at radius 3 is 2.92 bits per heavy atom. The van der Waals surface area contributed by atoms with Gasteiger partial charge >= 0.3 is 0 Å². The Labute approximate surface area is 140 Å². The maximum Gasteiger partial charge on any atom is 0.269 e. The second-order valence-electron chi connectivity index (χ2n) is 5.70. The molecule has 0 radical (unpaired) electrons. The number of nitrogens with zero attached hydrogens (tertiary/aromatic N) is 1. The summed E-state index contributed by atoms with van der Waals surface area (Å²) in [5.41, 5.74) is 5.30. The number of ether oxygens (including phenoxy) is 2. The number of hydrogen-bond donors (Lipinski definition) is 2. The van der Waals surface area contributed by atoms with E-state index in [1.54, 1.807) is 18.2 Å². The molecule has 2 amide bonds. The van der Waals surface area contributed by atoms with E-state index in [0.717, 1.165) is 25.8 Å². The van der Waals surface area contributed by atoms with E-state index in [-0.39, 0.29) is 18.7 Å². The lowest BCUT2D eigenvalue weighted by atomic mass is 10.0. The first kappa shape index (κ1) is 16.1. The van der Waals surface area contributed by atoms with Gasteiger partial charge in [-0.15, -0.1) is 6.42 Å². The molecule has 1 aromatic rings. The summed E-state index contributed by atoms with van der Waals surface area (Å²) >= 11 is 0. The van der Waals surface area contributed by atoms with Crippen LogP contribution in [0.2, 0.25) is 0 Å². The summed E-state index contributed by atoms with van der Waals surface area (Å²) in [5.74, 6) is 3.02. The molecule has 3 rings (SSSR count). The minimum absolute atomic E-state index is 0.143. The molecule has 0 aliphatic carbocycles. The van der Waals surface area contributed by atoms with Gasteiger partial charge in [0.1, 0.15) is 0 Å². The van der Waals surface area contributed by atoms with Gasteiger partial charge in [-0.3, -0.25) is 25.3 Å². The summed E-state index contributed by atoms with van der Waals surface area (Å²) in [6, 6.07) is 4.54. The van der Waals surface area contributed by atoms with Crippen LogP contribution in [0, 0.1) is 12.3 Å². The summed E-state index contributed by atoms with van der Waals surface area (Å²) in [4.78, 5) is 26.4. The van der Waals surface area contributed by atoms with Crippen molar-refractivity contribution >= 4 is 11.8 Å². The quantitative estimate of drug-likeness (QED) is 0.629. The van der Waals surface area contributed by atoms with E-state index in [9.17, 15) is 9.59 Å². The first-order valence-corrected chi connectivity index (χ1v) is 7.86. The van der Waals surface area contributed by atoms with Crippen LogP contribution >= 0.6 is 0 Å². The number of hydrazine groups is 1. The Bertz CT molecular complexity index is 683. The average Bonchev–Trinajstić information content (AvgIpc) is 3.08. The van der Waals surface area contributed by atoms with Crippen LogP contribution in [0.25, 0.3) is 0 Å². The van der Waals surface area contributed by atoms with E-state index in [1.807, 2.05) is 4.90 Å². The Hall–Kier alpha value is -2.72. The van der Waals surface area contributed by atoms with Crippen LogP contribution in [-0.2, 0) is 4.79 Å². The number of piperidine rings is 1. The van der Waals surface area contributed by atoms with Gasteiger partial charge in [-0.25, -0.2) is 0 Å². The lowest BCUT2D eigenvalue weighted by Gasteiger charge is -2.33. The number of carbonyl (C=O) groups excluding carboxylic acids is 2. The molecule has 7 heteroatoms. The van der Waals surface area contributed by atoms with E-state index in [0.29, 0.717) is 23.6 Å². The summed E-state index contributed by atoms with van der Waals surface area (Å²) < 4.78 is 10.4. The molecule has 7 nitrogen and oxygen atoms in total. The zero-order valence-electron chi connectivity index (χ0n) is 13.2. The summed E-state index contributed by atoms with van der Waals surface area (Å²) in [6.07, 6.45) is 8.07. The van der Waals surface area contributed by atoms with Crippen molar-refractivity contribution in [2.75, 3.05) is 19.9 Å². The van der Waals surface area contributed by atoms with Crippen LogP contribution in [0.15, 0.2) is 18.2 Å². The fourth-order valence-corrected chi connectivity index (χ4v) is 2.91. The number of carbonyl (C=O) groups is 2. The molecular formula is C17H19N3O4. The van der Waals surface area contributed by atoms with Crippen LogP contribution < -0.4 is 20.3 Å². The number of likely N-dealkylation sites (tertiary alicyclic amines) is 1. The highest BCUT2D eigenvalue weighted by molar-refractivity contribution is 5.96. The molecule has 2 N–H and O–H groups in total. The van der Waals surface area contributed by atoms with Gasteiger partial charge in [0.05, 0.1) is 12.6 Å². The number of benzene rings is 1. The van der Waals surface area contributed by atoms with Crippen LogP contribution in [0.5, 0.6) is 11.5 Å². The number of amides is 2. The number of rotatable bonds is 3. The van der Waals surface area contributed by atoms with Crippen molar-refractivity contribution in [1.29, 1.82) is 0 Å². The van der Waals surface area contributed by atoms with Gasteiger partial charge in [-0.05, 0) is 37.6 Å². The standard InChI is InChI=1S/C17H19N3O4/c1-2-8-20-9-4-3-5-13(20)17(22)19-18-16(21)12-6-7-14-15(10-12)24-11-23-14/h1,6-7,10,13H,3-5,8-9,11H2,(H,18,21)(H,19,22). The second-order valence-corrected chi connectivity index (χ2v) is 5.70. The van der Waals surface area contributed by atoms with Crippen molar-refractivity contribution in [3.8, 4) is 23.8 Å².